The van der Waals surface area contributed by atoms with Crippen LogP contribution in [-0.2, 0) is 9.53 Å². The Labute approximate surface area is 211 Å². The van der Waals surface area contributed by atoms with Gasteiger partial charge in [-0.05, 0) is 17.7 Å². The van der Waals surface area contributed by atoms with Gasteiger partial charge in [0.2, 0.25) is 0 Å². The molecule has 2 aromatic rings. The lowest BCUT2D eigenvalue weighted by atomic mass is 9.93. The average molecular weight is 614 g/mol. The fraction of sp³-hybridized carbons (Fsp3) is 0.368. The molecule has 0 fully saturated rings. The van der Waals surface area contributed by atoms with Crippen LogP contribution < -0.4 is 5.32 Å². The third kappa shape index (κ3) is 4.76. The number of benzene rings is 1. The maximum absolute atomic E-state index is 14.2. The summed E-state index contributed by atoms with van der Waals surface area (Å²) in [4.78, 5) is 24.0. The molecule has 212 valence electrons. The molecule has 0 aliphatic heterocycles. The van der Waals surface area contributed by atoms with E-state index in [2.05, 4.69) is 4.74 Å². The molecule has 1 aromatic carbocycles. The van der Waals surface area contributed by atoms with Crippen LogP contribution in [0, 0.1) is 0 Å². The first-order chi connectivity index (χ1) is 17.0. The summed E-state index contributed by atoms with van der Waals surface area (Å²) < 4.78 is 177. The van der Waals surface area contributed by atoms with Crippen molar-refractivity contribution in [2.45, 2.75) is 35.8 Å². The summed E-state index contributed by atoms with van der Waals surface area (Å²) >= 11 is 5.84. The smallest absolute Gasteiger partial charge is 0.460 e. The van der Waals surface area contributed by atoms with E-state index in [4.69, 9.17) is 11.6 Å². The third-order valence-corrected chi connectivity index (χ3v) is 5.93. The molecule has 0 bridgehead atoms. The van der Waals surface area contributed by atoms with Gasteiger partial charge in [-0.2, -0.15) is 57.1 Å². The summed E-state index contributed by atoms with van der Waals surface area (Å²) in [5, 5.41) is 0.942. The minimum atomic E-state index is -8.16. The van der Waals surface area contributed by atoms with Crippen molar-refractivity contribution in [3.63, 3.8) is 0 Å². The van der Waals surface area contributed by atoms with Crippen molar-refractivity contribution in [1.82, 2.24) is 0 Å². The van der Waals surface area contributed by atoms with Crippen molar-refractivity contribution in [2.75, 3.05) is 12.4 Å². The zero-order chi connectivity index (χ0) is 29.7. The number of hydrogen-bond acceptors (Lipinski definition) is 4. The number of ether oxygens (including phenoxy) is 1. The Morgan fingerprint density at radius 3 is 1.71 bits per heavy atom. The van der Waals surface area contributed by atoms with Crippen LogP contribution in [0.25, 0.3) is 11.1 Å². The van der Waals surface area contributed by atoms with Crippen molar-refractivity contribution < 1.29 is 71.4 Å². The second-order valence-electron chi connectivity index (χ2n) is 7.18. The van der Waals surface area contributed by atoms with Crippen molar-refractivity contribution in [3.05, 3.63) is 40.2 Å². The molecule has 0 radical (unpaired) electrons. The number of anilines is 1. The molecule has 2 rings (SSSR count). The molecule has 1 aromatic heterocycles. The van der Waals surface area contributed by atoms with Gasteiger partial charge in [-0.1, -0.05) is 23.7 Å². The van der Waals surface area contributed by atoms with Crippen LogP contribution >= 0.6 is 22.9 Å². The first-order valence-electron chi connectivity index (χ1n) is 9.22. The number of rotatable bonds is 8. The van der Waals surface area contributed by atoms with Gasteiger partial charge in [0, 0.05) is 16.0 Å². The predicted molar refractivity (Wildman–Crippen MR) is 106 cm³/mol. The molecule has 19 heteroatoms. The van der Waals surface area contributed by atoms with E-state index in [-0.39, 0.29) is 27.5 Å². The van der Waals surface area contributed by atoms with Crippen LogP contribution in [-0.4, -0.2) is 54.8 Å². The van der Waals surface area contributed by atoms with Gasteiger partial charge in [0.25, 0.3) is 0 Å². The van der Waals surface area contributed by atoms with Gasteiger partial charge in [0.05, 0.1) is 7.11 Å². The summed E-state index contributed by atoms with van der Waals surface area (Å²) in [5.41, 5.74) is -0.956. The largest absolute Gasteiger partial charge is 0.465 e. The monoisotopic (exact) mass is 613 g/mol. The van der Waals surface area contributed by atoms with Gasteiger partial charge in [0.1, 0.15) is 10.6 Å². The van der Waals surface area contributed by atoms with Crippen molar-refractivity contribution >= 4 is 39.8 Å². The standard InChI is InChI=1S/C19H9ClF13NO3S/c1-37-12(35)10-9(7-2-4-8(20)5-3-7)6-38-11(10)34-13(36)14(21,22)15(23,24)16(25,26)17(27,28)18(29,30)19(31,32)33/h2-6H,1H3,(H,34,36). The highest BCUT2D eigenvalue weighted by Crippen LogP contribution is 2.60. The molecule has 0 saturated carbocycles. The van der Waals surface area contributed by atoms with E-state index in [0.717, 1.165) is 17.8 Å². The Balaban J connectivity index is 2.54. The second-order valence-corrected chi connectivity index (χ2v) is 8.49. The molecule has 1 N–H and O–H groups in total. The van der Waals surface area contributed by atoms with Gasteiger partial charge in [-0.15, -0.1) is 11.3 Å². The number of alkyl halides is 13. The fourth-order valence-electron chi connectivity index (χ4n) is 2.69. The predicted octanol–water partition coefficient (Wildman–Crippen LogP) is 7.53. The summed E-state index contributed by atoms with van der Waals surface area (Å²) in [7, 11) is 0.740. The number of carbonyl (C=O) groups is 2. The van der Waals surface area contributed by atoms with Crippen molar-refractivity contribution in [3.8, 4) is 11.1 Å². The van der Waals surface area contributed by atoms with Crippen LogP contribution in [0.4, 0.5) is 62.1 Å². The number of carbonyl (C=O) groups excluding carboxylic acids is 2. The Morgan fingerprint density at radius 2 is 1.26 bits per heavy atom. The lowest BCUT2D eigenvalue weighted by molar-refractivity contribution is -0.435. The molecule has 1 heterocycles. The van der Waals surface area contributed by atoms with E-state index in [0.29, 0.717) is 0 Å². The van der Waals surface area contributed by atoms with Gasteiger partial charge < -0.3 is 10.1 Å². The van der Waals surface area contributed by atoms with E-state index in [9.17, 15) is 66.7 Å². The van der Waals surface area contributed by atoms with Gasteiger partial charge in [0.15, 0.2) is 0 Å². The number of methoxy groups -OCH3 is 1. The fourth-order valence-corrected chi connectivity index (χ4v) is 3.77. The van der Waals surface area contributed by atoms with Crippen LogP contribution in [0.5, 0.6) is 0 Å². The summed E-state index contributed by atoms with van der Waals surface area (Å²) in [5.74, 6) is -44.1. The first kappa shape index (κ1) is 31.5. The molecule has 4 nitrogen and oxygen atoms in total. The van der Waals surface area contributed by atoms with Crippen molar-refractivity contribution in [1.29, 1.82) is 0 Å². The van der Waals surface area contributed by atoms with Gasteiger partial charge >= 0.3 is 47.7 Å². The highest BCUT2D eigenvalue weighted by molar-refractivity contribution is 7.15. The first-order valence-corrected chi connectivity index (χ1v) is 10.5. The molecule has 0 unspecified atom stereocenters. The maximum Gasteiger partial charge on any atom is 0.460 e. The summed E-state index contributed by atoms with van der Waals surface area (Å²) in [6.45, 7) is 0. The topological polar surface area (TPSA) is 55.4 Å². The lowest BCUT2D eigenvalue weighted by Crippen LogP contribution is -2.71. The molecule has 0 aliphatic carbocycles. The number of amides is 1. The lowest BCUT2D eigenvalue weighted by Gasteiger charge is -2.39. The molecular formula is C19H9ClF13NO3S. The zero-order valence-electron chi connectivity index (χ0n) is 17.8. The normalized spacial score (nSPS) is 13.9. The Bertz CT molecular complexity index is 1210. The quantitative estimate of drug-likeness (QED) is 0.247. The molecule has 0 atom stereocenters. The van der Waals surface area contributed by atoms with Crippen LogP contribution in [0.15, 0.2) is 29.6 Å². The third-order valence-electron chi connectivity index (χ3n) is 4.78. The Morgan fingerprint density at radius 1 is 0.789 bits per heavy atom. The van der Waals surface area contributed by atoms with E-state index in [1.165, 1.54) is 24.3 Å². The summed E-state index contributed by atoms with van der Waals surface area (Å²) in [6.07, 6.45) is -7.59. The molecule has 0 saturated heterocycles. The van der Waals surface area contributed by atoms with E-state index < -0.39 is 58.2 Å². The molecule has 0 aliphatic rings. The molecular weight excluding hydrogens is 605 g/mol. The molecule has 1 amide bonds. The highest BCUT2D eigenvalue weighted by Gasteiger charge is 2.91. The van der Waals surface area contributed by atoms with E-state index in [1.807, 2.05) is 0 Å². The van der Waals surface area contributed by atoms with Crippen molar-refractivity contribution in [2.24, 2.45) is 0 Å². The van der Waals surface area contributed by atoms with Crippen LogP contribution in [0.1, 0.15) is 10.4 Å². The minimum absolute atomic E-state index is 0.0872. The number of hydrogen-bond donors (Lipinski definition) is 1. The summed E-state index contributed by atoms with van der Waals surface area (Å²) in [6, 6.07) is 5.02. The number of esters is 1. The van der Waals surface area contributed by atoms with Crippen LogP contribution in [0.2, 0.25) is 5.02 Å². The second kappa shape index (κ2) is 9.77. The molecule has 0 spiro atoms. The average Bonchev–Trinajstić information content (AvgIpc) is 3.21. The SMILES string of the molecule is COC(=O)c1c(-c2ccc(Cl)cc2)csc1NC(=O)C(F)(F)C(F)(F)C(F)(F)C(F)(F)C(F)(F)C(F)(F)F. The van der Waals surface area contributed by atoms with Gasteiger partial charge in [-0.25, -0.2) is 4.79 Å². The van der Waals surface area contributed by atoms with Crippen LogP contribution in [0.3, 0.4) is 0 Å². The number of halogens is 14. The Hall–Kier alpha value is -2.76. The zero-order valence-corrected chi connectivity index (χ0v) is 19.4. The van der Waals surface area contributed by atoms with E-state index >= 15 is 0 Å². The van der Waals surface area contributed by atoms with E-state index in [1.54, 1.807) is 0 Å². The minimum Gasteiger partial charge on any atom is -0.465 e. The number of nitrogens with one attached hydrogen (secondary N) is 1. The number of thiophene rings is 1. The Kier molecular flexibility index (Phi) is 8.08. The highest BCUT2D eigenvalue weighted by atomic mass is 35.5. The van der Waals surface area contributed by atoms with Gasteiger partial charge in [-0.3, -0.25) is 4.79 Å². The molecule has 38 heavy (non-hydrogen) atoms. The maximum atomic E-state index is 14.2.